The van der Waals surface area contributed by atoms with Crippen molar-refractivity contribution in [3.8, 4) is 5.69 Å². The summed E-state index contributed by atoms with van der Waals surface area (Å²) in [6.45, 7) is 10.8. The molecule has 0 radical (unpaired) electrons. The molecule has 0 unspecified atom stereocenters. The Morgan fingerprint density at radius 2 is 1.59 bits per heavy atom. The zero-order valence-corrected chi connectivity index (χ0v) is 11.3. The van der Waals surface area contributed by atoms with Gasteiger partial charge in [-0.3, -0.25) is 0 Å². The summed E-state index contributed by atoms with van der Waals surface area (Å²) in [4.78, 5) is 4.72. The van der Waals surface area contributed by atoms with E-state index in [1.807, 2.05) is 6.07 Å². The number of hydrogen-bond donors (Lipinski definition) is 0. The Morgan fingerprint density at radius 3 is 2.12 bits per heavy atom. The highest BCUT2D eigenvalue weighted by Crippen LogP contribution is 2.27. The summed E-state index contributed by atoms with van der Waals surface area (Å²) in [5, 5.41) is 0. The summed E-state index contributed by atoms with van der Waals surface area (Å²) in [7, 11) is 0. The van der Waals surface area contributed by atoms with E-state index in [2.05, 4.69) is 63.5 Å². The van der Waals surface area contributed by atoms with Crippen LogP contribution in [0.1, 0.15) is 38.0 Å². The Labute approximate surface area is 103 Å². The normalized spacial score (nSPS) is 11.8. The lowest BCUT2D eigenvalue weighted by Crippen LogP contribution is -2.18. The SMILES string of the molecule is Cc1nc(C(C)(C)C)n(-c2ccccc2)c1C. The van der Waals surface area contributed by atoms with E-state index in [0.717, 1.165) is 11.5 Å². The van der Waals surface area contributed by atoms with Crippen LogP contribution in [-0.4, -0.2) is 9.55 Å². The third kappa shape index (κ3) is 2.12. The molecule has 0 saturated heterocycles. The van der Waals surface area contributed by atoms with Gasteiger partial charge in [0.05, 0.1) is 5.69 Å². The van der Waals surface area contributed by atoms with E-state index in [0.29, 0.717) is 0 Å². The van der Waals surface area contributed by atoms with Crippen LogP contribution in [0.3, 0.4) is 0 Å². The van der Waals surface area contributed by atoms with E-state index >= 15 is 0 Å². The van der Waals surface area contributed by atoms with Crippen molar-refractivity contribution in [2.45, 2.75) is 40.0 Å². The van der Waals surface area contributed by atoms with Crippen molar-refractivity contribution in [3.63, 3.8) is 0 Å². The van der Waals surface area contributed by atoms with E-state index in [1.54, 1.807) is 0 Å². The lowest BCUT2D eigenvalue weighted by atomic mass is 9.95. The number of rotatable bonds is 1. The predicted molar refractivity (Wildman–Crippen MR) is 71.7 cm³/mol. The van der Waals surface area contributed by atoms with Gasteiger partial charge in [-0.2, -0.15) is 0 Å². The fourth-order valence-corrected chi connectivity index (χ4v) is 2.01. The number of nitrogens with zero attached hydrogens (tertiary/aromatic N) is 2. The fourth-order valence-electron chi connectivity index (χ4n) is 2.01. The van der Waals surface area contributed by atoms with Crippen molar-refractivity contribution >= 4 is 0 Å². The summed E-state index contributed by atoms with van der Waals surface area (Å²) in [6.07, 6.45) is 0. The highest BCUT2D eigenvalue weighted by atomic mass is 15.1. The maximum Gasteiger partial charge on any atom is 0.119 e. The van der Waals surface area contributed by atoms with Crippen LogP contribution in [0, 0.1) is 13.8 Å². The van der Waals surface area contributed by atoms with Gasteiger partial charge in [-0.05, 0) is 26.0 Å². The van der Waals surface area contributed by atoms with E-state index in [9.17, 15) is 0 Å². The van der Waals surface area contributed by atoms with Gasteiger partial charge in [-0.1, -0.05) is 39.0 Å². The van der Waals surface area contributed by atoms with Crippen LogP contribution in [-0.2, 0) is 5.41 Å². The first-order valence-electron chi connectivity index (χ1n) is 6.03. The van der Waals surface area contributed by atoms with Gasteiger partial charge < -0.3 is 4.57 Å². The lowest BCUT2D eigenvalue weighted by molar-refractivity contribution is 0.534. The third-order valence-corrected chi connectivity index (χ3v) is 3.03. The van der Waals surface area contributed by atoms with E-state index in [1.165, 1.54) is 11.4 Å². The molecule has 0 saturated carbocycles. The third-order valence-electron chi connectivity index (χ3n) is 3.03. The molecular weight excluding hydrogens is 208 g/mol. The van der Waals surface area contributed by atoms with Crippen LogP contribution in [0.4, 0.5) is 0 Å². The molecule has 2 aromatic rings. The molecule has 0 fully saturated rings. The number of imidazole rings is 1. The second-order valence-electron chi connectivity index (χ2n) is 5.53. The molecule has 90 valence electrons. The molecule has 0 atom stereocenters. The summed E-state index contributed by atoms with van der Waals surface area (Å²) in [5.41, 5.74) is 3.57. The minimum atomic E-state index is 0.0505. The number of aromatic nitrogens is 2. The van der Waals surface area contributed by atoms with Crippen LogP contribution < -0.4 is 0 Å². The predicted octanol–water partition coefficient (Wildman–Crippen LogP) is 3.79. The standard InChI is InChI=1S/C15H20N2/c1-11-12(2)17(13-9-7-6-8-10-13)14(16-11)15(3,4)5/h6-10H,1-5H3. The Bertz CT molecular complexity index is 516. The van der Waals surface area contributed by atoms with Crippen molar-refractivity contribution in [2.75, 3.05) is 0 Å². The van der Waals surface area contributed by atoms with Crippen molar-refractivity contribution < 1.29 is 0 Å². The average molecular weight is 228 g/mol. The molecule has 17 heavy (non-hydrogen) atoms. The van der Waals surface area contributed by atoms with Gasteiger partial charge in [0, 0.05) is 16.8 Å². The smallest absolute Gasteiger partial charge is 0.119 e. The monoisotopic (exact) mass is 228 g/mol. The van der Waals surface area contributed by atoms with Gasteiger partial charge in [0.2, 0.25) is 0 Å². The Balaban J connectivity index is 2.69. The number of aryl methyl sites for hydroxylation is 1. The summed E-state index contributed by atoms with van der Waals surface area (Å²) < 4.78 is 2.26. The average Bonchev–Trinajstić information content (AvgIpc) is 2.57. The highest BCUT2D eigenvalue weighted by Gasteiger charge is 2.23. The molecule has 1 aromatic heterocycles. The molecule has 1 aromatic carbocycles. The molecule has 2 rings (SSSR count). The first-order valence-corrected chi connectivity index (χ1v) is 6.03. The first-order chi connectivity index (χ1) is 7.91. The molecule has 0 spiro atoms. The minimum Gasteiger partial charge on any atom is -0.300 e. The van der Waals surface area contributed by atoms with Gasteiger partial charge in [0.25, 0.3) is 0 Å². The second-order valence-corrected chi connectivity index (χ2v) is 5.53. The van der Waals surface area contributed by atoms with Crippen molar-refractivity contribution in [2.24, 2.45) is 0 Å². The van der Waals surface area contributed by atoms with Gasteiger partial charge in [-0.25, -0.2) is 4.98 Å². The zero-order chi connectivity index (χ0) is 12.6. The van der Waals surface area contributed by atoms with Gasteiger partial charge in [0.15, 0.2) is 0 Å². The largest absolute Gasteiger partial charge is 0.300 e. The molecule has 0 amide bonds. The first kappa shape index (κ1) is 11.9. The van der Waals surface area contributed by atoms with E-state index in [-0.39, 0.29) is 5.41 Å². The van der Waals surface area contributed by atoms with Crippen LogP contribution in [0.15, 0.2) is 30.3 Å². The number of hydrogen-bond acceptors (Lipinski definition) is 1. The lowest BCUT2D eigenvalue weighted by Gasteiger charge is -2.20. The van der Waals surface area contributed by atoms with Crippen LogP contribution in [0.5, 0.6) is 0 Å². The van der Waals surface area contributed by atoms with Crippen LogP contribution in [0.2, 0.25) is 0 Å². The van der Waals surface area contributed by atoms with E-state index < -0.39 is 0 Å². The summed E-state index contributed by atoms with van der Waals surface area (Å²) in [5.74, 6) is 1.12. The molecule has 2 heteroatoms. The minimum absolute atomic E-state index is 0.0505. The van der Waals surface area contributed by atoms with Gasteiger partial charge in [0.1, 0.15) is 5.82 Å². The topological polar surface area (TPSA) is 17.8 Å². The van der Waals surface area contributed by atoms with Gasteiger partial charge in [-0.15, -0.1) is 0 Å². The Hall–Kier alpha value is -1.57. The molecule has 0 N–H and O–H groups in total. The van der Waals surface area contributed by atoms with E-state index in [4.69, 9.17) is 4.98 Å². The maximum absolute atomic E-state index is 4.72. The molecule has 0 aliphatic heterocycles. The van der Waals surface area contributed by atoms with Gasteiger partial charge >= 0.3 is 0 Å². The molecular formula is C15H20N2. The van der Waals surface area contributed by atoms with Crippen LogP contribution in [0.25, 0.3) is 5.69 Å². The quantitative estimate of drug-likeness (QED) is 0.726. The molecule has 2 nitrogen and oxygen atoms in total. The summed E-state index contributed by atoms with van der Waals surface area (Å²) in [6, 6.07) is 10.4. The highest BCUT2D eigenvalue weighted by molar-refractivity contribution is 5.38. The summed E-state index contributed by atoms with van der Waals surface area (Å²) >= 11 is 0. The maximum atomic E-state index is 4.72. The van der Waals surface area contributed by atoms with Crippen LogP contribution >= 0.6 is 0 Å². The number of para-hydroxylation sites is 1. The zero-order valence-electron chi connectivity index (χ0n) is 11.3. The molecule has 0 bridgehead atoms. The number of benzene rings is 1. The van der Waals surface area contributed by atoms with Crippen molar-refractivity contribution in [3.05, 3.63) is 47.5 Å². The fraction of sp³-hybridized carbons (Fsp3) is 0.400. The van der Waals surface area contributed by atoms with Crippen molar-refractivity contribution in [1.82, 2.24) is 9.55 Å². The molecule has 0 aliphatic rings. The Morgan fingerprint density at radius 1 is 1.00 bits per heavy atom. The second kappa shape index (κ2) is 4.02. The Kier molecular flexibility index (Phi) is 2.82. The molecule has 0 aliphatic carbocycles. The van der Waals surface area contributed by atoms with Crippen molar-refractivity contribution in [1.29, 1.82) is 0 Å². The molecule has 1 heterocycles.